The number of ether oxygens (including phenoxy) is 1. The number of esters is 1. The lowest BCUT2D eigenvalue weighted by Gasteiger charge is -2.12. The van der Waals surface area contributed by atoms with Crippen LogP contribution in [0.25, 0.3) is 0 Å². The zero-order valence-corrected chi connectivity index (χ0v) is 16.0. The van der Waals surface area contributed by atoms with Crippen LogP contribution in [0, 0.1) is 6.92 Å². The average molecular weight is 395 g/mol. The summed E-state index contributed by atoms with van der Waals surface area (Å²) in [6, 6.07) is 12.6. The number of hydrogen-bond donors (Lipinski definition) is 0. The van der Waals surface area contributed by atoms with Crippen molar-refractivity contribution < 1.29 is 22.7 Å². The fourth-order valence-electron chi connectivity index (χ4n) is 2.24. The molecule has 0 aliphatic heterocycles. The van der Waals surface area contributed by atoms with Crippen molar-refractivity contribution in [2.45, 2.75) is 31.3 Å². The molecule has 0 bridgehead atoms. The Morgan fingerprint density at radius 3 is 2.19 bits per heavy atom. The number of rotatable bonds is 7. The lowest BCUT2D eigenvalue weighted by atomic mass is 10.1. The van der Waals surface area contributed by atoms with Crippen LogP contribution in [0.15, 0.2) is 53.4 Å². The number of ketones is 1. The quantitative estimate of drug-likeness (QED) is 0.529. The van der Waals surface area contributed by atoms with E-state index in [4.69, 9.17) is 16.3 Å². The molecule has 0 fully saturated rings. The third kappa shape index (κ3) is 5.41. The maximum atomic E-state index is 12.2. The molecule has 26 heavy (non-hydrogen) atoms. The predicted octanol–water partition coefficient (Wildman–Crippen LogP) is 3.63. The second kappa shape index (κ2) is 8.47. The number of aryl methyl sites for hydroxylation is 1. The Morgan fingerprint density at radius 1 is 1.04 bits per heavy atom. The van der Waals surface area contributed by atoms with E-state index >= 15 is 0 Å². The van der Waals surface area contributed by atoms with Gasteiger partial charge in [0.05, 0.1) is 17.1 Å². The van der Waals surface area contributed by atoms with E-state index in [1.807, 2.05) is 6.92 Å². The molecule has 0 spiro atoms. The summed E-state index contributed by atoms with van der Waals surface area (Å²) in [5.41, 5.74) is 1.45. The van der Waals surface area contributed by atoms with E-state index in [2.05, 4.69) is 0 Å². The van der Waals surface area contributed by atoms with Crippen molar-refractivity contribution in [3.8, 4) is 0 Å². The Balaban J connectivity index is 1.92. The first-order valence-electron chi connectivity index (χ1n) is 7.98. The molecule has 7 heteroatoms. The van der Waals surface area contributed by atoms with E-state index in [0.29, 0.717) is 10.6 Å². The average Bonchev–Trinajstić information content (AvgIpc) is 2.60. The van der Waals surface area contributed by atoms with Gasteiger partial charge < -0.3 is 4.74 Å². The van der Waals surface area contributed by atoms with Gasteiger partial charge in [0, 0.05) is 10.6 Å². The second-order valence-corrected chi connectivity index (χ2v) is 8.43. The number of halogens is 1. The Labute approximate surface area is 157 Å². The van der Waals surface area contributed by atoms with Gasteiger partial charge in [-0.25, -0.2) is 8.42 Å². The second-order valence-electron chi connectivity index (χ2n) is 5.89. The first kappa shape index (κ1) is 20.1. The minimum Gasteiger partial charge on any atom is -0.454 e. The molecule has 2 aromatic carbocycles. The van der Waals surface area contributed by atoms with Crippen LogP contribution in [0.2, 0.25) is 5.02 Å². The number of benzene rings is 2. The van der Waals surface area contributed by atoms with Gasteiger partial charge in [0.25, 0.3) is 0 Å². The van der Waals surface area contributed by atoms with Gasteiger partial charge in [-0.2, -0.15) is 0 Å². The molecule has 0 heterocycles. The van der Waals surface area contributed by atoms with Crippen LogP contribution in [0.1, 0.15) is 29.3 Å². The van der Waals surface area contributed by atoms with Crippen LogP contribution in [-0.2, 0) is 19.4 Å². The van der Waals surface area contributed by atoms with Gasteiger partial charge in [-0.1, -0.05) is 41.4 Å². The van der Waals surface area contributed by atoms with Crippen molar-refractivity contribution in [1.29, 1.82) is 0 Å². The lowest BCUT2D eigenvalue weighted by Crippen LogP contribution is -2.25. The highest BCUT2D eigenvalue weighted by Gasteiger charge is 2.22. The Hall–Kier alpha value is -2.18. The van der Waals surface area contributed by atoms with E-state index < -0.39 is 27.7 Å². The molecule has 0 saturated carbocycles. The van der Waals surface area contributed by atoms with Crippen LogP contribution in [0.5, 0.6) is 0 Å². The van der Waals surface area contributed by atoms with E-state index in [9.17, 15) is 18.0 Å². The molecule has 2 aromatic rings. The van der Waals surface area contributed by atoms with Crippen molar-refractivity contribution >= 4 is 33.2 Å². The summed E-state index contributed by atoms with van der Waals surface area (Å²) < 4.78 is 29.5. The molecule has 0 saturated heterocycles. The topological polar surface area (TPSA) is 77.5 Å². The first-order chi connectivity index (χ1) is 12.2. The summed E-state index contributed by atoms with van der Waals surface area (Å²) in [6.45, 7) is 3.37. The van der Waals surface area contributed by atoms with Gasteiger partial charge in [0.1, 0.15) is 0 Å². The molecule has 0 aliphatic rings. The lowest BCUT2D eigenvalue weighted by molar-refractivity contribution is -0.145. The van der Waals surface area contributed by atoms with Gasteiger partial charge in [-0.05, 0) is 38.1 Å². The molecular formula is C19H19ClO5S. The number of carbonyl (C=O) groups excluding carboxylic acids is 2. The monoisotopic (exact) mass is 394 g/mol. The van der Waals surface area contributed by atoms with Gasteiger partial charge in [0.2, 0.25) is 5.78 Å². The first-order valence-corrected chi connectivity index (χ1v) is 10.0. The smallest absolute Gasteiger partial charge is 0.307 e. The molecule has 0 aliphatic carbocycles. The normalized spacial score (nSPS) is 12.4. The molecule has 1 atom stereocenters. The molecule has 1 unspecified atom stereocenters. The Bertz CT molecular complexity index is 887. The molecule has 0 radical (unpaired) electrons. The van der Waals surface area contributed by atoms with Gasteiger partial charge in [-0.15, -0.1) is 0 Å². The third-order valence-corrected chi connectivity index (χ3v) is 5.75. The van der Waals surface area contributed by atoms with Gasteiger partial charge in [0.15, 0.2) is 15.9 Å². The largest absolute Gasteiger partial charge is 0.454 e. The summed E-state index contributed by atoms with van der Waals surface area (Å²) in [5, 5.41) is 0.423. The predicted molar refractivity (Wildman–Crippen MR) is 99.2 cm³/mol. The van der Waals surface area contributed by atoms with Crippen molar-refractivity contribution in [1.82, 2.24) is 0 Å². The van der Waals surface area contributed by atoms with E-state index in [1.165, 1.54) is 31.2 Å². The Kier molecular flexibility index (Phi) is 6.56. The van der Waals surface area contributed by atoms with Gasteiger partial charge in [-0.3, -0.25) is 9.59 Å². The van der Waals surface area contributed by atoms with E-state index in [-0.39, 0.29) is 17.1 Å². The summed E-state index contributed by atoms with van der Waals surface area (Å²) in [7, 11) is -3.63. The molecule has 138 valence electrons. The number of sulfone groups is 1. The molecule has 5 nitrogen and oxygen atoms in total. The minimum atomic E-state index is -3.63. The summed E-state index contributed by atoms with van der Waals surface area (Å²) in [6.07, 6.45) is -1.32. The van der Waals surface area contributed by atoms with Crippen molar-refractivity contribution in [3.05, 3.63) is 64.7 Å². The maximum Gasteiger partial charge on any atom is 0.307 e. The van der Waals surface area contributed by atoms with Crippen LogP contribution in [0.4, 0.5) is 0 Å². The van der Waals surface area contributed by atoms with E-state index in [0.717, 1.165) is 5.56 Å². The van der Waals surface area contributed by atoms with Crippen LogP contribution >= 0.6 is 11.6 Å². The maximum absolute atomic E-state index is 12.2. The summed E-state index contributed by atoms with van der Waals surface area (Å²) >= 11 is 5.73. The number of carbonyl (C=O) groups is 2. The minimum absolute atomic E-state index is 0.0819. The summed E-state index contributed by atoms with van der Waals surface area (Å²) in [4.78, 5) is 24.2. The highest BCUT2D eigenvalue weighted by molar-refractivity contribution is 7.91. The molecule has 0 aromatic heterocycles. The SMILES string of the molecule is Cc1ccc(C(=O)C(C)OC(=O)CCS(=O)(=O)c2ccc(Cl)cc2)cc1. The fourth-order valence-corrected chi connectivity index (χ4v) is 3.59. The van der Waals surface area contributed by atoms with Crippen LogP contribution in [0.3, 0.4) is 0 Å². The van der Waals surface area contributed by atoms with Crippen molar-refractivity contribution in [3.63, 3.8) is 0 Å². The van der Waals surface area contributed by atoms with E-state index in [1.54, 1.807) is 24.3 Å². The summed E-state index contributed by atoms with van der Waals surface area (Å²) in [5.74, 6) is -1.48. The molecule has 2 rings (SSSR count). The number of Topliss-reactive ketones (excluding diaryl/α,β-unsaturated/α-hetero) is 1. The van der Waals surface area contributed by atoms with Crippen molar-refractivity contribution in [2.24, 2.45) is 0 Å². The molecular weight excluding hydrogens is 376 g/mol. The van der Waals surface area contributed by atoms with Gasteiger partial charge >= 0.3 is 5.97 Å². The standard InChI is InChI=1S/C19H19ClO5S/c1-13-3-5-15(6-4-13)19(22)14(2)25-18(21)11-12-26(23,24)17-9-7-16(20)8-10-17/h3-10,14H,11-12H2,1-2H3. The zero-order valence-electron chi connectivity index (χ0n) is 14.4. The van der Waals surface area contributed by atoms with Crippen LogP contribution < -0.4 is 0 Å². The number of hydrogen-bond acceptors (Lipinski definition) is 5. The Morgan fingerprint density at radius 2 is 1.62 bits per heavy atom. The molecule has 0 amide bonds. The third-order valence-electron chi connectivity index (χ3n) is 3.76. The zero-order chi connectivity index (χ0) is 19.3. The highest BCUT2D eigenvalue weighted by Crippen LogP contribution is 2.16. The van der Waals surface area contributed by atoms with Crippen LogP contribution in [-0.4, -0.2) is 32.0 Å². The fraction of sp³-hybridized carbons (Fsp3) is 0.263. The molecule has 0 N–H and O–H groups in total. The highest BCUT2D eigenvalue weighted by atomic mass is 35.5. The van der Waals surface area contributed by atoms with Crippen molar-refractivity contribution in [2.75, 3.05) is 5.75 Å².